The lowest BCUT2D eigenvalue weighted by molar-refractivity contribution is 0.638. The van der Waals surface area contributed by atoms with Crippen LogP contribution < -0.4 is 5.32 Å². The van der Waals surface area contributed by atoms with Gasteiger partial charge in [0, 0.05) is 0 Å². The number of nitrogens with one attached hydrogen (secondary N) is 1. The lowest BCUT2D eigenvalue weighted by Gasteiger charge is -2.04. The fourth-order valence-corrected chi connectivity index (χ4v) is 0.616. The summed E-state index contributed by atoms with van der Waals surface area (Å²) in [4.78, 5) is 0. The smallest absolute Gasteiger partial charge is 0.114 e. The van der Waals surface area contributed by atoms with Gasteiger partial charge in [-0.15, -0.1) is 0 Å². The van der Waals surface area contributed by atoms with Gasteiger partial charge in [-0.3, -0.25) is 0 Å². The van der Waals surface area contributed by atoms with E-state index in [0.717, 1.165) is 12.8 Å². The van der Waals surface area contributed by atoms with Gasteiger partial charge >= 0.3 is 0 Å². The number of hydrogen-bond acceptors (Lipinski definition) is 2. The van der Waals surface area contributed by atoms with Crippen LogP contribution in [0.15, 0.2) is 12.8 Å². The average Bonchev–Trinajstić information content (AvgIpc) is 1.88. The Morgan fingerprint density at radius 3 is 2.89 bits per heavy atom. The quantitative estimate of drug-likeness (QED) is 0.615. The van der Waals surface area contributed by atoms with E-state index < -0.39 is 0 Å². The molecule has 0 aliphatic rings. The van der Waals surface area contributed by atoms with Crippen molar-refractivity contribution in [1.82, 2.24) is 5.32 Å². The molecular formula is C7H12N2. The van der Waals surface area contributed by atoms with Gasteiger partial charge in [-0.25, -0.2) is 0 Å². The van der Waals surface area contributed by atoms with Crippen LogP contribution in [-0.4, -0.2) is 6.04 Å². The highest BCUT2D eigenvalue weighted by atomic mass is 14.9. The van der Waals surface area contributed by atoms with Crippen LogP contribution in [0.3, 0.4) is 0 Å². The summed E-state index contributed by atoms with van der Waals surface area (Å²) in [6, 6.07) is 2.07. The van der Waals surface area contributed by atoms with E-state index in [4.69, 9.17) is 5.26 Å². The first-order valence-corrected chi connectivity index (χ1v) is 3.11. The minimum absolute atomic E-state index is 0.0486. The summed E-state index contributed by atoms with van der Waals surface area (Å²) in [6.45, 7) is 5.52. The van der Waals surface area contributed by atoms with Gasteiger partial charge in [-0.05, 0) is 12.6 Å². The van der Waals surface area contributed by atoms with Gasteiger partial charge in [0.25, 0.3) is 0 Å². The molecule has 1 N–H and O–H groups in total. The van der Waals surface area contributed by atoms with E-state index in [-0.39, 0.29) is 6.04 Å². The summed E-state index contributed by atoms with van der Waals surface area (Å²) in [7, 11) is 0. The second-order valence-electron chi connectivity index (χ2n) is 1.84. The van der Waals surface area contributed by atoms with E-state index >= 15 is 0 Å². The third-order valence-electron chi connectivity index (χ3n) is 1.05. The van der Waals surface area contributed by atoms with Crippen LogP contribution in [0.2, 0.25) is 0 Å². The van der Waals surface area contributed by atoms with Gasteiger partial charge in [0.05, 0.1) is 6.07 Å². The fraction of sp³-hybridized carbons (Fsp3) is 0.571. The molecule has 0 heterocycles. The minimum Gasteiger partial charge on any atom is -0.376 e. The Bertz CT molecular complexity index is 113. The van der Waals surface area contributed by atoms with E-state index in [1.807, 2.05) is 0 Å². The Labute approximate surface area is 56.2 Å². The summed E-state index contributed by atoms with van der Waals surface area (Å²) in [5.74, 6) is 0. The highest BCUT2D eigenvalue weighted by molar-refractivity contribution is 4.91. The molecule has 0 aromatic carbocycles. The lowest BCUT2D eigenvalue weighted by atomic mass is 10.2. The molecule has 9 heavy (non-hydrogen) atoms. The predicted octanol–water partition coefficient (Wildman–Crippen LogP) is 1.41. The summed E-state index contributed by atoms with van der Waals surface area (Å²) in [6.07, 6.45) is 3.48. The van der Waals surface area contributed by atoms with Crippen LogP contribution >= 0.6 is 0 Å². The van der Waals surface area contributed by atoms with Crippen molar-refractivity contribution in [3.8, 4) is 6.07 Å². The SMILES string of the molecule is C=CNC(C#N)CCC. The highest BCUT2D eigenvalue weighted by Gasteiger charge is 1.99. The largest absolute Gasteiger partial charge is 0.376 e. The van der Waals surface area contributed by atoms with Crippen LogP contribution in [0.4, 0.5) is 0 Å². The van der Waals surface area contributed by atoms with Crippen molar-refractivity contribution in [3.05, 3.63) is 12.8 Å². The van der Waals surface area contributed by atoms with Gasteiger partial charge in [-0.1, -0.05) is 19.9 Å². The maximum Gasteiger partial charge on any atom is 0.114 e. The van der Waals surface area contributed by atoms with E-state index in [1.54, 1.807) is 6.20 Å². The third-order valence-corrected chi connectivity index (χ3v) is 1.05. The van der Waals surface area contributed by atoms with Crippen LogP contribution in [0.5, 0.6) is 0 Å². The molecule has 50 valence electrons. The van der Waals surface area contributed by atoms with Gasteiger partial charge in [-0.2, -0.15) is 5.26 Å². The van der Waals surface area contributed by atoms with Gasteiger partial charge in [0.2, 0.25) is 0 Å². The van der Waals surface area contributed by atoms with Crippen molar-refractivity contribution in [2.24, 2.45) is 0 Å². The zero-order valence-corrected chi connectivity index (χ0v) is 5.72. The summed E-state index contributed by atoms with van der Waals surface area (Å²) >= 11 is 0. The Morgan fingerprint density at radius 2 is 2.56 bits per heavy atom. The molecule has 0 aromatic heterocycles. The molecule has 0 saturated heterocycles. The molecule has 2 heteroatoms. The molecule has 0 aromatic rings. The normalized spacial score (nSPS) is 11.6. The van der Waals surface area contributed by atoms with Crippen LogP contribution in [0.1, 0.15) is 19.8 Å². The number of nitrogens with zero attached hydrogens (tertiary/aromatic N) is 1. The highest BCUT2D eigenvalue weighted by Crippen LogP contribution is 1.93. The average molecular weight is 124 g/mol. The minimum atomic E-state index is -0.0486. The second-order valence-corrected chi connectivity index (χ2v) is 1.84. The molecule has 1 atom stereocenters. The van der Waals surface area contributed by atoms with Crippen molar-refractivity contribution >= 4 is 0 Å². The molecule has 0 rings (SSSR count). The third kappa shape index (κ3) is 3.60. The molecule has 0 aliphatic carbocycles. The van der Waals surface area contributed by atoms with Crippen LogP contribution in [0.25, 0.3) is 0 Å². The molecule has 0 amide bonds. The van der Waals surface area contributed by atoms with Crippen molar-refractivity contribution < 1.29 is 0 Å². The number of nitriles is 1. The predicted molar refractivity (Wildman–Crippen MR) is 37.6 cm³/mol. The molecule has 2 nitrogen and oxygen atoms in total. The topological polar surface area (TPSA) is 35.8 Å². The number of hydrogen-bond donors (Lipinski definition) is 1. The monoisotopic (exact) mass is 124 g/mol. The van der Waals surface area contributed by atoms with E-state index in [9.17, 15) is 0 Å². The first-order valence-electron chi connectivity index (χ1n) is 3.11. The van der Waals surface area contributed by atoms with Crippen molar-refractivity contribution in [3.63, 3.8) is 0 Å². The second kappa shape index (κ2) is 5.17. The first-order chi connectivity index (χ1) is 4.35. The molecule has 1 unspecified atom stereocenters. The number of rotatable bonds is 4. The van der Waals surface area contributed by atoms with E-state index in [0.29, 0.717) is 0 Å². The first kappa shape index (κ1) is 8.03. The van der Waals surface area contributed by atoms with E-state index in [2.05, 4.69) is 24.9 Å². The van der Waals surface area contributed by atoms with Crippen LogP contribution in [-0.2, 0) is 0 Å². The summed E-state index contributed by atoms with van der Waals surface area (Å²) in [5.41, 5.74) is 0. The van der Waals surface area contributed by atoms with Gasteiger partial charge in [0.1, 0.15) is 6.04 Å². The lowest BCUT2D eigenvalue weighted by Crippen LogP contribution is -2.21. The zero-order chi connectivity index (χ0) is 7.11. The standard InChI is InChI=1S/C7H12N2/c1-3-5-7(6-8)9-4-2/h4,7,9H,2-3,5H2,1H3. The Kier molecular flexibility index (Phi) is 4.61. The molecule has 0 spiro atoms. The molecule has 0 aliphatic heterocycles. The maximum absolute atomic E-state index is 8.43. The Hall–Kier alpha value is -0.970. The van der Waals surface area contributed by atoms with Gasteiger partial charge in [0.15, 0.2) is 0 Å². The van der Waals surface area contributed by atoms with Crippen molar-refractivity contribution in [1.29, 1.82) is 5.26 Å². The Morgan fingerprint density at radius 1 is 1.89 bits per heavy atom. The summed E-state index contributed by atoms with van der Waals surface area (Å²) in [5, 5.41) is 11.3. The molecule has 0 fully saturated rings. The van der Waals surface area contributed by atoms with E-state index in [1.165, 1.54) is 0 Å². The molecule has 0 bridgehead atoms. The van der Waals surface area contributed by atoms with Gasteiger partial charge < -0.3 is 5.32 Å². The van der Waals surface area contributed by atoms with Crippen molar-refractivity contribution in [2.45, 2.75) is 25.8 Å². The molecule has 0 saturated carbocycles. The molecular weight excluding hydrogens is 112 g/mol. The zero-order valence-electron chi connectivity index (χ0n) is 5.72. The van der Waals surface area contributed by atoms with Crippen LogP contribution in [0, 0.1) is 11.3 Å². The van der Waals surface area contributed by atoms with Crippen molar-refractivity contribution in [2.75, 3.05) is 0 Å². The fourth-order valence-electron chi connectivity index (χ4n) is 0.616. The maximum atomic E-state index is 8.43. The summed E-state index contributed by atoms with van der Waals surface area (Å²) < 4.78 is 0. The Balaban J connectivity index is 3.44. The molecule has 0 radical (unpaired) electrons.